The Bertz CT molecular complexity index is 469. The molecule has 2 saturated heterocycles. The molecule has 2 fully saturated rings. The van der Waals surface area contributed by atoms with Gasteiger partial charge in [0.1, 0.15) is 0 Å². The standard InChI is InChI=1S/C19H35F3N4O2/c1-3-23-18(24-13-16-5-8-25(14-16)15-19(20,21)22)26-9-6-17(7-10-26)28-12-4-11-27-2/h16-17H,3-15H2,1-2H3,(H,23,24). The third kappa shape index (κ3) is 8.53. The van der Waals surface area contributed by atoms with E-state index in [4.69, 9.17) is 14.5 Å². The number of nitrogens with zero attached hydrogens (tertiary/aromatic N) is 3. The minimum Gasteiger partial charge on any atom is -0.385 e. The van der Waals surface area contributed by atoms with Crippen LogP contribution >= 0.6 is 0 Å². The van der Waals surface area contributed by atoms with Crippen LogP contribution in [0.1, 0.15) is 32.6 Å². The number of rotatable bonds is 9. The minimum absolute atomic E-state index is 0.192. The van der Waals surface area contributed by atoms with Crippen LogP contribution in [0.3, 0.4) is 0 Å². The number of hydrogen-bond donors (Lipinski definition) is 1. The molecule has 0 aromatic heterocycles. The zero-order valence-corrected chi connectivity index (χ0v) is 17.1. The first-order valence-electron chi connectivity index (χ1n) is 10.3. The van der Waals surface area contributed by atoms with Gasteiger partial charge < -0.3 is 19.7 Å². The SMILES string of the molecule is CCNC(=NCC1CCN(CC(F)(F)F)C1)N1CCC(OCCCOC)CC1. The molecule has 0 aromatic carbocycles. The Morgan fingerprint density at radius 1 is 1.14 bits per heavy atom. The Labute approximate surface area is 166 Å². The molecule has 28 heavy (non-hydrogen) atoms. The molecule has 1 atom stereocenters. The maximum Gasteiger partial charge on any atom is 0.401 e. The van der Waals surface area contributed by atoms with E-state index in [-0.39, 0.29) is 12.0 Å². The van der Waals surface area contributed by atoms with Gasteiger partial charge in [0.2, 0.25) is 0 Å². The topological polar surface area (TPSA) is 49.3 Å². The van der Waals surface area contributed by atoms with E-state index in [2.05, 4.69) is 10.2 Å². The second-order valence-corrected chi connectivity index (χ2v) is 7.60. The number of methoxy groups -OCH3 is 1. The van der Waals surface area contributed by atoms with Crippen molar-refractivity contribution in [3.63, 3.8) is 0 Å². The van der Waals surface area contributed by atoms with E-state index >= 15 is 0 Å². The quantitative estimate of drug-likeness (QED) is 0.361. The van der Waals surface area contributed by atoms with E-state index < -0.39 is 12.7 Å². The zero-order valence-electron chi connectivity index (χ0n) is 17.1. The van der Waals surface area contributed by atoms with E-state index in [1.54, 1.807) is 7.11 Å². The molecule has 2 aliphatic rings. The molecule has 164 valence electrons. The van der Waals surface area contributed by atoms with Gasteiger partial charge in [-0.3, -0.25) is 9.89 Å². The first-order chi connectivity index (χ1) is 13.4. The van der Waals surface area contributed by atoms with Gasteiger partial charge in [0.15, 0.2) is 5.96 Å². The van der Waals surface area contributed by atoms with Gasteiger partial charge in [-0.15, -0.1) is 0 Å². The van der Waals surface area contributed by atoms with Crippen LogP contribution in [-0.4, -0.2) is 94.2 Å². The fourth-order valence-electron chi connectivity index (χ4n) is 3.79. The van der Waals surface area contributed by atoms with Crippen LogP contribution in [0.5, 0.6) is 0 Å². The molecule has 2 heterocycles. The van der Waals surface area contributed by atoms with Crippen molar-refractivity contribution in [3.8, 4) is 0 Å². The van der Waals surface area contributed by atoms with Gasteiger partial charge in [0, 0.05) is 53.0 Å². The molecule has 0 spiro atoms. The maximum absolute atomic E-state index is 12.5. The second-order valence-electron chi connectivity index (χ2n) is 7.60. The van der Waals surface area contributed by atoms with Gasteiger partial charge >= 0.3 is 6.18 Å². The molecule has 0 amide bonds. The maximum atomic E-state index is 12.5. The summed E-state index contributed by atoms with van der Waals surface area (Å²) in [7, 11) is 1.69. The highest BCUT2D eigenvalue weighted by Gasteiger charge is 2.34. The molecule has 1 unspecified atom stereocenters. The lowest BCUT2D eigenvalue weighted by Crippen LogP contribution is -2.47. The monoisotopic (exact) mass is 408 g/mol. The third-order valence-corrected chi connectivity index (χ3v) is 5.19. The van der Waals surface area contributed by atoms with Crippen molar-refractivity contribution >= 4 is 5.96 Å². The number of guanidine groups is 1. The lowest BCUT2D eigenvalue weighted by molar-refractivity contribution is -0.143. The van der Waals surface area contributed by atoms with Crippen LogP contribution in [0.4, 0.5) is 13.2 Å². The van der Waals surface area contributed by atoms with Crippen LogP contribution in [0, 0.1) is 5.92 Å². The average molecular weight is 409 g/mol. The number of piperidine rings is 1. The second kappa shape index (κ2) is 11.8. The predicted molar refractivity (Wildman–Crippen MR) is 104 cm³/mol. The minimum atomic E-state index is -4.12. The highest BCUT2D eigenvalue weighted by Crippen LogP contribution is 2.23. The van der Waals surface area contributed by atoms with Gasteiger partial charge in [-0.25, -0.2) is 0 Å². The van der Waals surface area contributed by atoms with Crippen molar-refractivity contribution in [1.29, 1.82) is 0 Å². The summed E-state index contributed by atoms with van der Waals surface area (Å²) < 4.78 is 48.5. The lowest BCUT2D eigenvalue weighted by atomic mass is 10.1. The number of aliphatic imine (C=N–C) groups is 1. The Hall–Kier alpha value is -1.06. The predicted octanol–water partition coefficient (Wildman–Crippen LogP) is 2.35. The summed E-state index contributed by atoms with van der Waals surface area (Å²) in [6.45, 7) is 6.74. The smallest absolute Gasteiger partial charge is 0.385 e. The molecule has 0 aromatic rings. The van der Waals surface area contributed by atoms with Crippen LogP contribution in [0.2, 0.25) is 0 Å². The fourth-order valence-corrected chi connectivity index (χ4v) is 3.79. The number of ether oxygens (including phenoxy) is 2. The van der Waals surface area contributed by atoms with E-state index in [0.717, 1.165) is 64.5 Å². The Kier molecular flexibility index (Phi) is 9.81. The van der Waals surface area contributed by atoms with Crippen LogP contribution in [0.25, 0.3) is 0 Å². The summed E-state index contributed by atoms with van der Waals surface area (Å²) in [6, 6.07) is 0. The van der Waals surface area contributed by atoms with Gasteiger partial charge in [0.05, 0.1) is 12.6 Å². The normalized spacial score (nSPS) is 22.8. The van der Waals surface area contributed by atoms with Crippen molar-refractivity contribution in [2.75, 3.05) is 66.1 Å². The van der Waals surface area contributed by atoms with Crippen LogP contribution < -0.4 is 5.32 Å². The summed E-state index contributed by atoms with van der Waals surface area (Å²) in [4.78, 5) is 8.45. The number of likely N-dealkylation sites (tertiary alicyclic amines) is 2. The van der Waals surface area contributed by atoms with Crippen molar-refractivity contribution in [2.45, 2.75) is 44.9 Å². The Morgan fingerprint density at radius 3 is 2.54 bits per heavy atom. The average Bonchev–Trinajstić information content (AvgIpc) is 3.08. The van der Waals surface area contributed by atoms with E-state index in [1.807, 2.05) is 6.92 Å². The van der Waals surface area contributed by atoms with Crippen molar-refractivity contribution in [3.05, 3.63) is 0 Å². The molecule has 2 rings (SSSR count). The number of alkyl halides is 3. The summed E-state index contributed by atoms with van der Waals surface area (Å²) in [5.41, 5.74) is 0. The molecule has 1 N–H and O–H groups in total. The Morgan fingerprint density at radius 2 is 1.89 bits per heavy atom. The number of nitrogens with one attached hydrogen (secondary N) is 1. The van der Waals surface area contributed by atoms with Crippen LogP contribution in [0.15, 0.2) is 4.99 Å². The highest BCUT2D eigenvalue weighted by atomic mass is 19.4. The number of hydrogen-bond acceptors (Lipinski definition) is 4. The Balaban J connectivity index is 1.75. The molecular weight excluding hydrogens is 373 g/mol. The van der Waals surface area contributed by atoms with E-state index in [9.17, 15) is 13.2 Å². The van der Waals surface area contributed by atoms with Gasteiger partial charge in [0.25, 0.3) is 0 Å². The summed E-state index contributed by atoms with van der Waals surface area (Å²) in [6.07, 6.45) is -0.241. The first-order valence-corrected chi connectivity index (χ1v) is 10.3. The van der Waals surface area contributed by atoms with E-state index in [0.29, 0.717) is 19.6 Å². The highest BCUT2D eigenvalue weighted by molar-refractivity contribution is 5.80. The van der Waals surface area contributed by atoms with Gasteiger partial charge in [-0.2, -0.15) is 13.2 Å². The summed E-state index contributed by atoms with van der Waals surface area (Å²) >= 11 is 0. The molecular formula is C19H35F3N4O2. The summed E-state index contributed by atoms with van der Waals surface area (Å²) in [5, 5.41) is 3.33. The van der Waals surface area contributed by atoms with Crippen molar-refractivity contribution < 1.29 is 22.6 Å². The molecule has 9 heteroatoms. The molecule has 6 nitrogen and oxygen atoms in total. The van der Waals surface area contributed by atoms with Gasteiger partial charge in [-0.1, -0.05) is 0 Å². The first kappa shape index (κ1) is 23.2. The number of halogens is 3. The van der Waals surface area contributed by atoms with Gasteiger partial charge in [-0.05, 0) is 45.1 Å². The zero-order chi connectivity index (χ0) is 20.4. The fraction of sp³-hybridized carbons (Fsp3) is 0.947. The van der Waals surface area contributed by atoms with E-state index in [1.165, 1.54) is 4.90 Å². The largest absolute Gasteiger partial charge is 0.401 e. The molecule has 2 aliphatic heterocycles. The summed E-state index contributed by atoms with van der Waals surface area (Å²) in [5.74, 6) is 1.06. The molecule has 0 radical (unpaired) electrons. The molecule has 0 saturated carbocycles. The van der Waals surface area contributed by atoms with Crippen molar-refractivity contribution in [2.24, 2.45) is 10.9 Å². The third-order valence-electron chi connectivity index (χ3n) is 5.19. The van der Waals surface area contributed by atoms with Crippen molar-refractivity contribution in [1.82, 2.24) is 15.1 Å². The lowest BCUT2D eigenvalue weighted by Gasteiger charge is -2.34. The molecule has 0 bridgehead atoms. The van der Waals surface area contributed by atoms with Crippen LogP contribution in [-0.2, 0) is 9.47 Å². The molecule has 0 aliphatic carbocycles.